The molecule has 0 aliphatic rings. The Balaban J connectivity index is 1.25. The second kappa shape index (κ2) is 10.7. The predicted octanol–water partition coefficient (Wildman–Crippen LogP) is 12.9. The van der Waals surface area contributed by atoms with Crippen LogP contribution in [0.3, 0.4) is 0 Å². The standard InChI is InChI=1S/C44H27NSSe/c1-2-9-28(10-3-1)29-19-23-32(24-20-29)45(39-14-8-13-36-34-11-4-6-15-40(34)46-43(36)39)33-25-21-30-17-18-31-22-26-37-35-12-5-7-16-41(35)47-44(37)42(31)38(30)27-33/h1-27H. The van der Waals surface area contributed by atoms with Crippen LogP contribution in [0.2, 0.25) is 0 Å². The number of benzene rings is 8. The van der Waals surface area contributed by atoms with Gasteiger partial charge in [-0.3, -0.25) is 0 Å². The first-order valence-corrected chi connectivity index (χ1v) is 18.5. The fraction of sp³-hybridized carbons (Fsp3) is 0. The quantitative estimate of drug-likeness (QED) is 0.132. The van der Waals surface area contributed by atoms with Gasteiger partial charge in [0.1, 0.15) is 0 Å². The van der Waals surface area contributed by atoms with Crippen LogP contribution in [-0.4, -0.2) is 14.5 Å². The maximum absolute atomic E-state index is 2.47. The zero-order valence-electron chi connectivity index (χ0n) is 25.4. The summed E-state index contributed by atoms with van der Waals surface area (Å²) in [7, 11) is 0. The molecule has 2 aromatic heterocycles. The third-order valence-electron chi connectivity index (χ3n) is 9.44. The summed E-state index contributed by atoms with van der Waals surface area (Å²) in [6, 6.07) is 60.5. The Hall–Kier alpha value is -5.18. The number of hydrogen-bond donors (Lipinski definition) is 0. The molecule has 0 aliphatic heterocycles. The van der Waals surface area contributed by atoms with Crippen LogP contribution in [0.25, 0.3) is 72.1 Å². The number of rotatable bonds is 4. The van der Waals surface area contributed by atoms with Gasteiger partial charge in [0.05, 0.1) is 0 Å². The van der Waals surface area contributed by atoms with Gasteiger partial charge in [-0.2, -0.15) is 0 Å². The molecule has 0 saturated heterocycles. The molecular formula is C44H27NSSe. The Bertz CT molecular complexity index is 2790. The minimum Gasteiger partial charge on any atom is -0.0617 e. The molecule has 0 N–H and O–H groups in total. The SMILES string of the molecule is c1ccc(-c2ccc(N(c3ccc4ccc5ccc6c7ccccc7[se]c6c5c4c3)c3cccc4c3sc3ccccc34)cc2)cc1. The third kappa shape index (κ3) is 4.28. The van der Waals surface area contributed by atoms with Gasteiger partial charge in [-0.15, -0.1) is 0 Å². The van der Waals surface area contributed by atoms with Crippen molar-refractivity contribution in [2.45, 2.75) is 0 Å². The van der Waals surface area contributed by atoms with Crippen LogP contribution in [0, 0.1) is 0 Å². The van der Waals surface area contributed by atoms with E-state index in [-0.39, 0.29) is 14.5 Å². The molecule has 8 aromatic carbocycles. The first-order valence-electron chi connectivity index (χ1n) is 15.9. The molecule has 0 spiro atoms. The van der Waals surface area contributed by atoms with E-state index in [0.717, 1.165) is 5.69 Å². The number of anilines is 3. The predicted molar refractivity (Wildman–Crippen MR) is 206 cm³/mol. The van der Waals surface area contributed by atoms with Crippen LogP contribution < -0.4 is 4.90 Å². The van der Waals surface area contributed by atoms with Crippen molar-refractivity contribution >= 4 is 104 Å². The molecule has 0 radical (unpaired) electrons. The van der Waals surface area contributed by atoms with Gasteiger partial charge in [-0.1, -0.05) is 18.2 Å². The molecule has 0 amide bonds. The average Bonchev–Trinajstić information content (AvgIpc) is 3.71. The summed E-state index contributed by atoms with van der Waals surface area (Å²) in [5.74, 6) is 0. The molecule has 0 bridgehead atoms. The van der Waals surface area contributed by atoms with Crippen molar-refractivity contribution < 1.29 is 0 Å². The minimum atomic E-state index is 0.269. The second-order valence-electron chi connectivity index (χ2n) is 12.1. The molecule has 0 fully saturated rings. The number of fused-ring (bicyclic) bond motifs is 10. The molecule has 0 saturated carbocycles. The topological polar surface area (TPSA) is 3.24 Å². The van der Waals surface area contributed by atoms with Crippen LogP contribution >= 0.6 is 11.3 Å². The zero-order valence-corrected chi connectivity index (χ0v) is 27.9. The average molecular weight is 681 g/mol. The zero-order chi connectivity index (χ0) is 30.9. The van der Waals surface area contributed by atoms with E-state index in [9.17, 15) is 0 Å². The Kier molecular flexibility index (Phi) is 6.14. The first kappa shape index (κ1) is 27.0. The number of thiophene rings is 1. The van der Waals surface area contributed by atoms with E-state index in [1.807, 2.05) is 11.3 Å². The number of nitrogens with zero attached hydrogens (tertiary/aromatic N) is 1. The first-order chi connectivity index (χ1) is 23.3. The van der Waals surface area contributed by atoms with Gasteiger partial charge in [-0.05, 0) is 0 Å². The smallest absolute Gasteiger partial charge is 0.0617 e. The monoisotopic (exact) mass is 681 g/mol. The van der Waals surface area contributed by atoms with E-state index < -0.39 is 0 Å². The van der Waals surface area contributed by atoms with Gasteiger partial charge in [0.15, 0.2) is 0 Å². The summed E-state index contributed by atoms with van der Waals surface area (Å²) in [6.45, 7) is 0. The van der Waals surface area contributed by atoms with Crippen molar-refractivity contribution in [2.75, 3.05) is 4.90 Å². The van der Waals surface area contributed by atoms with Gasteiger partial charge >= 0.3 is 266 Å². The molecule has 220 valence electrons. The van der Waals surface area contributed by atoms with Crippen molar-refractivity contribution in [3.05, 3.63) is 164 Å². The van der Waals surface area contributed by atoms with Gasteiger partial charge < -0.3 is 0 Å². The Morgan fingerprint density at radius 2 is 1.13 bits per heavy atom. The molecule has 3 heteroatoms. The van der Waals surface area contributed by atoms with E-state index in [4.69, 9.17) is 0 Å². The van der Waals surface area contributed by atoms with Crippen LogP contribution in [-0.2, 0) is 0 Å². The van der Waals surface area contributed by atoms with Crippen molar-refractivity contribution in [3.63, 3.8) is 0 Å². The van der Waals surface area contributed by atoms with E-state index in [1.165, 1.54) is 83.5 Å². The van der Waals surface area contributed by atoms with E-state index >= 15 is 0 Å². The maximum atomic E-state index is 2.47. The normalized spacial score (nSPS) is 11.8. The molecule has 10 aromatic rings. The summed E-state index contributed by atoms with van der Waals surface area (Å²) < 4.78 is 5.60. The summed E-state index contributed by atoms with van der Waals surface area (Å²) >= 11 is 2.15. The van der Waals surface area contributed by atoms with Gasteiger partial charge in [0.25, 0.3) is 0 Å². The van der Waals surface area contributed by atoms with Crippen molar-refractivity contribution in [3.8, 4) is 11.1 Å². The molecular weight excluding hydrogens is 654 g/mol. The van der Waals surface area contributed by atoms with Crippen molar-refractivity contribution in [1.29, 1.82) is 0 Å². The molecule has 0 unspecified atom stereocenters. The summed E-state index contributed by atoms with van der Waals surface area (Å²) in [6.07, 6.45) is 0. The van der Waals surface area contributed by atoms with E-state index in [2.05, 4.69) is 169 Å². The molecule has 2 heterocycles. The number of hydrogen-bond acceptors (Lipinski definition) is 2. The molecule has 0 aliphatic carbocycles. The van der Waals surface area contributed by atoms with Gasteiger partial charge in [0, 0.05) is 0 Å². The van der Waals surface area contributed by atoms with Gasteiger partial charge in [-0.25, -0.2) is 0 Å². The van der Waals surface area contributed by atoms with E-state index in [1.54, 1.807) is 0 Å². The summed E-state index contributed by atoms with van der Waals surface area (Å²) in [4.78, 5) is 2.47. The van der Waals surface area contributed by atoms with Crippen LogP contribution in [0.5, 0.6) is 0 Å². The Morgan fingerprint density at radius 3 is 2.02 bits per heavy atom. The minimum absolute atomic E-state index is 0.269. The molecule has 0 atom stereocenters. The van der Waals surface area contributed by atoms with Crippen LogP contribution in [0.15, 0.2) is 164 Å². The van der Waals surface area contributed by atoms with E-state index in [0.29, 0.717) is 0 Å². The fourth-order valence-corrected chi connectivity index (χ4v) is 11.1. The van der Waals surface area contributed by atoms with Crippen LogP contribution in [0.4, 0.5) is 17.1 Å². The molecule has 47 heavy (non-hydrogen) atoms. The molecule has 10 rings (SSSR count). The van der Waals surface area contributed by atoms with Crippen molar-refractivity contribution in [1.82, 2.24) is 0 Å². The fourth-order valence-electron chi connectivity index (χ4n) is 7.21. The van der Waals surface area contributed by atoms with Gasteiger partial charge in [0.2, 0.25) is 0 Å². The second-order valence-corrected chi connectivity index (χ2v) is 15.4. The Morgan fingerprint density at radius 1 is 0.447 bits per heavy atom. The van der Waals surface area contributed by atoms with Crippen LogP contribution in [0.1, 0.15) is 0 Å². The third-order valence-corrected chi connectivity index (χ3v) is 13.2. The summed E-state index contributed by atoms with van der Waals surface area (Å²) in [5.41, 5.74) is 5.97. The molecule has 1 nitrogen and oxygen atoms in total. The van der Waals surface area contributed by atoms with Crippen molar-refractivity contribution in [2.24, 2.45) is 0 Å². The summed E-state index contributed by atoms with van der Waals surface area (Å²) in [5, 5.41) is 10.7. The Labute approximate surface area is 282 Å².